The van der Waals surface area contributed by atoms with Crippen LogP contribution < -0.4 is 15.5 Å². The molecule has 7 nitrogen and oxygen atoms in total. The van der Waals surface area contributed by atoms with Gasteiger partial charge in [0.2, 0.25) is 0 Å². The van der Waals surface area contributed by atoms with E-state index in [0.29, 0.717) is 17.7 Å². The van der Waals surface area contributed by atoms with E-state index in [4.69, 9.17) is 4.74 Å². The molecule has 0 aliphatic carbocycles. The average Bonchev–Trinajstić information content (AvgIpc) is 2.85. The van der Waals surface area contributed by atoms with Gasteiger partial charge in [-0.2, -0.15) is 0 Å². The number of rotatable bonds is 7. The molecule has 33 heavy (non-hydrogen) atoms. The highest BCUT2D eigenvalue weighted by Crippen LogP contribution is 2.24. The van der Waals surface area contributed by atoms with E-state index < -0.39 is 0 Å². The molecule has 2 aromatic rings. The first-order valence-electron chi connectivity index (χ1n) is 11.6. The zero-order chi connectivity index (χ0) is 23.0. The second kappa shape index (κ2) is 11.6. The minimum absolute atomic E-state index is 0.0375. The molecule has 0 aromatic heterocycles. The van der Waals surface area contributed by atoms with Gasteiger partial charge in [-0.25, -0.2) is 0 Å². The number of hydrogen-bond acceptors (Lipinski definition) is 5. The molecule has 2 fully saturated rings. The number of carbonyl (C=O) groups is 2. The maximum absolute atomic E-state index is 12.9. The maximum Gasteiger partial charge on any atom is 0.253 e. The number of morpholine rings is 1. The molecule has 2 N–H and O–H groups in total. The average molecular weight is 515 g/mol. The summed E-state index contributed by atoms with van der Waals surface area (Å²) in [5.41, 5.74) is 2.33. The number of carbonyl (C=O) groups excluding carboxylic acids is 2. The van der Waals surface area contributed by atoms with E-state index in [9.17, 15) is 9.59 Å². The monoisotopic (exact) mass is 514 g/mol. The molecule has 8 heteroatoms. The Morgan fingerprint density at radius 3 is 2.36 bits per heavy atom. The third-order valence-electron chi connectivity index (χ3n) is 6.24. The van der Waals surface area contributed by atoms with Gasteiger partial charge in [-0.05, 0) is 49.2 Å². The van der Waals surface area contributed by atoms with E-state index in [0.717, 1.165) is 68.9 Å². The van der Waals surface area contributed by atoms with Crippen molar-refractivity contribution in [1.29, 1.82) is 0 Å². The van der Waals surface area contributed by atoms with Crippen molar-refractivity contribution in [2.45, 2.75) is 18.9 Å². The standard InChI is InChI=1S/C25H31BrN4O3/c26-20-7-5-19(6-8-20)24(31)28-21-9-12-30(13-10-21)23-4-2-1-3-22(23)25(32)27-11-14-29-15-17-33-18-16-29/h1-8,21H,9-18H2,(H,27,32)(H,28,31). The number of nitrogens with one attached hydrogen (secondary N) is 2. The van der Waals surface area contributed by atoms with Gasteiger partial charge in [0.05, 0.1) is 18.8 Å². The summed E-state index contributed by atoms with van der Waals surface area (Å²) in [5, 5.41) is 6.22. The highest BCUT2D eigenvalue weighted by Gasteiger charge is 2.24. The van der Waals surface area contributed by atoms with Gasteiger partial charge < -0.3 is 20.3 Å². The summed E-state index contributed by atoms with van der Waals surface area (Å²) >= 11 is 3.40. The first-order valence-corrected chi connectivity index (χ1v) is 12.4. The van der Waals surface area contributed by atoms with Crippen LogP contribution in [0.15, 0.2) is 53.0 Å². The van der Waals surface area contributed by atoms with Gasteiger partial charge in [-0.1, -0.05) is 28.1 Å². The largest absolute Gasteiger partial charge is 0.379 e. The first kappa shape index (κ1) is 23.7. The van der Waals surface area contributed by atoms with Crippen LogP contribution >= 0.6 is 15.9 Å². The van der Waals surface area contributed by atoms with Gasteiger partial charge in [0.15, 0.2) is 0 Å². The van der Waals surface area contributed by atoms with Crippen molar-refractivity contribution in [2.24, 2.45) is 0 Å². The molecule has 0 unspecified atom stereocenters. The Labute approximate surface area is 203 Å². The Morgan fingerprint density at radius 1 is 0.939 bits per heavy atom. The van der Waals surface area contributed by atoms with E-state index in [-0.39, 0.29) is 17.9 Å². The summed E-state index contributed by atoms with van der Waals surface area (Å²) in [5.74, 6) is -0.0782. The van der Waals surface area contributed by atoms with Crippen molar-refractivity contribution in [3.8, 4) is 0 Å². The Hall–Kier alpha value is -2.42. The fraction of sp³-hybridized carbons (Fsp3) is 0.440. The predicted molar refractivity (Wildman–Crippen MR) is 133 cm³/mol. The molecule has 0 spiro atoms. The second-order valence-electron chi connectivity index (χ2n) is 8.47. The fourth-order valence-electron chi connectivity index (χ4n) is 4.32. The topological polar surface area (TPSA) is 73.9 Å². The molecule has 2 saturated heterocycles. The molecule has 2 heterocycles. The van der Waals surface area contributed by atoms with Crippen molar-refractivity contribution in [2.75, 3.05) is 57.4 Å². The van der Waals surface area contributed by atoms with E-state index in [1.807, 2.05) is 48.5 Å². The number of amides is 2. The number of nitrogens with zero attached hydrogens (tertiary/aromatic N) is 2. The summed E-state index contributed by atoms with van der Waals surface area (Å²) in [6.45, 7) is 6.40. The normalized spacial score (nSPS) is 17.5. The van der Waals surface area contributed by atoms with Gasteiger partial charge in [-0.3, -0.25) is 14.5 Å². The van der Waals surface area contributed by atoms with Crippen molar-refractivity contribution in [3.63, 3.8) is 0 Å². The van der Waals surface area contributed by atoms with Crippen molar-refractivity contribution >= 4 is 33.4 Å². The third-order valence-corrected chi connectivity index (χ3v) is 6.77. The smallest absolute Gasteiger partial charge is 0.253 e. The molecular formula is C25H31BrN4O3. The van der Waals surface area contributed by atoms with Crippen LogP contribution in [-0.4, -0.2) is 75.2 Å². The minimum atomic E-state index is -0.0407. The van der Waals surface area contributed by atoms with Gasteiger partial charge in [0, 0.05) is 61.0 Å². The minimum Gasteiger partial charge on any atom is -0.379 e. The van der Waals surface area contributed by atoms with E-state index >= 15 is 0 Å². The molecule has 2 aliphatic rings. The Bertz CT molecular complexity index is 939. The summed E-state index contributed by atoms with van der Waals surface area (Å²) in [6.07, 6.45) is 1.69. The lowest BCUT2D eigenvalue weighted by Gasteiger charge is -2.35. The van der Waals surface area contributed by atoms with Crippen LogP contribution in [0.5, 0.6) is 0 Å². The molecule has 2 aliphatic heterocycles. The van der Waals surface area contributed by atoms with E-state index in [1.54, 1.807) is 0 Å². The lowest BCUT2D eigenvalue weighted by molar-refractivity contribution is 0.0383. The van der Waals surface area contributed by atoms with Crippen LogP contribution in [0.3, 0.4) is 0 Å². The zero-order valence-electron chi connectivity index (χ0n) is 18.8. The Kier molecular flexibility index (Phi) is 8.36. The quantitative estimate of drug-likeness (QED) is 0.594. The molecule has 0 atom stereocenters. The van der Waals surface area contributed by atoms with Crippen LogP contribution in [-0.2, 0) is 4.74 Å². The maximum atomic E-state index is 12.9. The number of ether oxygens (including phenoxy) is 1. The summed E-state index contributed by atoms with van der Waals surface area (Å²) < 4.78 is 6.33. The molecule has 176 valence electrons. The summed E-state index contributed by atoms with van der Waals surface area (Å²) in [6, 6.07) is 15.3. The van der Waals surface area contributed by atoms with Crippen LogP contribution in [0.1, 0.15) is 33.6 Å². The van der Waals surface area contributed by atoms with Crippen LogP contribution in [0.4, 0.5) is 5.69 Å². The number of para-hydroxylation sites is 1. The fourth-order valence-corrected chi connectivity index (χ4v) is 4.59. The second-order valence-corrected chi connectivity index (χ2v) is 9.38. The van der Waals surface area contributed by atoms with Gasteiger partial charge in [0.1, 0.15) is 0 Å². The Balaban J connectivity index is 1.28. The van der Waals surface area contributed by atoms with Crippen LogP contribution in [0, 0.1) is 0 Å². The van der Waals surface area contributed by atoms with Gasteiger partial charge in [0.25, 0.3) is 11.8 Å². The summed E-state index contributed by atoms with van der Waals surface area (Å²) in [7, 11) is 0. The lowest BCUT2D eigenvalue weighted by atomic mass is 10.0. The SMILES string of the molecule is O=C(NC1CCN(c2ccccc2C(=O)NCCN2CCOCC2)CC1)c1ccc(Br)cc1. The summed E-state index contributed by atoms with van der Waals surface area (Å²) in [4.78, 5) is 30.0. The van der Waals surface area contributed by atoms with Crippen LogP contribution in [0.25, 0.3) is 0 Å². The van der Waals surface area contributed by atoms with E-state index in [2.05, 4.69) is 36.4 Å². The highest BCUT2D eigenvalue weighted by molar-refractivity contribution is 9.10. The molecule has 0 bridgehead atoms. The van der Waals surface area contributed by atoms with E-state index in [1.165, 1.54) is 0 Å². The van der Waals surface area contributed by atoms with Gasteiger partial charge >= 0.3 is 0 Å². The molecule has 0 radical (unpaired) electrons. The number of hydrogen-bond donors (Lipinski definition) is 2. The molecular weight excluding hydrogens is 484 g/mol. The number of anilines is 1. The molecule has 4 rings (SSSR count). The van der Waals surface area contributed by atoms with Gasteiger partial charge in [-0.15, -0.1) is 0 Å². The van der Waals surface area contributed by atoms with Crippen molar-refractivity contribution in [1.82, 2.24) is 15.5 Å². The first-order chi connectivity index (χ1) is 16.1. The molecule has 2 amide bonds. The number of piperidine rings is 1. The lowest BCUT2D eigenvalue weighted by Crippen LogP contribution is -2.45. The third kappa shape index (κ3) is 6.56. The predicted octanol–water partition coefficient (Wildman–Crippen LogP) is 2.91. The van der Waals surface area contributed by atoms with Crippen molar-refractivity contribution < 1.29 is 14.3 Å². The Morgan fingerprint density at radius 2 is 1.64 bits per heavy atom. The molecule has 0 saturated carbocycles. The van der Waals surface area contributed by atoms with Crippen molar-refractivity contribution in [3.05, 3.63) is 64.1 Å². The molecule has 2 aromatic carbocycles. The number of halogens is 1. The van der Waals surface area contributed by atoms with Crippen LogP contribution in [0.2, 0.25) is 0 Å². The highest BCUT2D eigenvalue weighted by atomic mass is 79.9. The number of benzene rings is 2. The zero-order valence-corrected chi connectivity index (χ0v) is 20.4.